The molecule has 118 valence electrons. The zero-order valence-corrected chi connectivity index (χ0v) is 13.0. The van der Waals surface area contributed by atoms with Gasteiger partial charge in [0.1, 0.15) is 7.11 Å². The van der Waals surface area contributed by atoms with Gasteiger partial charge in [-0.05, 0) is 31.2 Å². The first-order chi connectivity index (χ1) is 11.2. The molecular formula is C17H18N4O2. The van der Waals surface area contributed by atoms with E-state index in [0.717, 1.165) is 11.3 Å². The van der Waals surface area contributed by atoms with Crippen molar-refractivity contribution < 1.29 is 9.63 Å². The molecule has 0 fully saturated rings. The maximum atomic E-state index is 12.3. The number of rotatable bonds is 6. The molecule has 6 heteroatoms. The van der Waals surface area contributed by atoms with Crippen LogP contribution in [-0.4, -0.2) is 24.9 Å². The van der Waals surface area contributed by atoms with Gasteiger partial charge in [0.05, 0.1) is 11.9 Å². The van der Waals surface area contributed by atoms with Gasteiger partial charge >= 0.3 is 0 Å². The molecule has 0 heterocycles. The lowest BCUT2D eigenvalue weighted by Gasteiger charge is -2.06. The van der Waals surface area contributed by atoms with E-state index in [-0.39, 0.29) is 5.71 Å². The minimum atomic E-state index is -0.392. The number of hydrogen-bond acceptors (Lipinski definition) is 5. The fourth-order valence-corrected chi connectivity index (χ4v) is 1.71. The fraction of sp³-hybridized carbons (Fsp3) is 0.118. The van der Waals surface area contributed by atoms with Crippen LogP contribution < -0.4 is 10.7 Å². The van der Waals surface area contributed by atoms with Gasteiger partial charge in [-0.1, -0.05) is 41.1 Å². The Hall–Kier alpha value is -3.15. The van der Waals surface area contributed by atoms with E-state index < -0.39 is 5.91 Å². The van der Waals surface area contributed by atoms with Gasteiger partial charge in [-0.2, -0.15) is 5.10 Å². The summed E-state index contributed by atoms with van der Waals surface area (Å²) in [5.74, 6) is -0.392. The molecular weight excluding hydrogens is 292 g/mol. The predicted octanol–water partition coefficient (Wildman–Crippen LogP) is 3.03. The number of anilines is 2. The summed E-state index contributed by atoms with van der Waals surface area (Å²) >= 11 is 0. The van der Waals surface area contributed by atoms with E-state index in [4.69, 9.17) is 0 Å². The first kappa shape index (κ1) is 16.2. The first-order valence-corrected chi connectivity index (χ1v) is 7.02. The molecule has 0 aliphatic heterocycles. The highest BCUT2D eigenvalue weighted by atomic mass is 16.6. The molecule has 0 radical (unpaired) electrons. The van der Waals surface area contributed by atoms with Crippen LogP contribution in [0.3, 0.4) is 0 Å². The first-order valence-electron chi connectivity index (χ1n) is 7.02. The number of oxime groups is 1. The highest BCUT2D eigenvalue weighted by Gasteiger charge is 2.10. The molecule has 23 heavy (non-hydrogen) atoms. The largest absolute Gasteiger partial charge is 0.399 e. The third-order valence-electron chi connectivity index (χ3n) is 2.90. The van der Waals surface area contributed by atoms with Crippen LogP contribution >= 0.6 is 0 Å². The van der Waals surface area contributed by atoms with E-state index in [0.29, 0.717) is 5.69 Å². The zero-order chi connectivity index (χ0) is 16.5. The molecule has 0 atom stereocenters. The molecule has 0 unspecified atom stereocenters. The lowest BCUT2D eigenvalue weighted by atomic mass is 10.2. The number of aryl methyl sites for hydroxylation is 1. The molecule has 0 aliphatic carbocycles. The van der Waals surface area contributed by atoms with Crippen molar-refractivity contribution in [3.8, 4) is 0 Å². The molecule has 1 amide bonds. The van der Waals surface area contributed by atoms with Crippen LogP contribution in [0.1, 0.15) is 5.56 Å². The molecule has 0 bridgehead atoms. The quantitative estimate of drug-likeness (QED) is 0.636. The number of benzene rings is 2. The van der Waals surface area contributed by atoms with Gasteiger partial charge in [-0.15, -0.1) is 0 Å². The molecule has 2 aromatic rings. The second-order valence-corrected chi connectivity index (χ2v) is 4.71. The summed E-state index contributed by atoms with van der Waals surface area (Å²) < 4.78 is 0. The van der Waals surface area contributed by atoms with Crippen molar-refractivity contribution in [2.24, 2.45) is 10.3 Å². The maximum Gasteiger partial charge on any atom is 0.277 e. The third-order valence-corrected chi connectivity index (χ3v) is 2.90. The number of nitrogens with one attached hydrogen (secondary N) is 2. The van der Waals surface area contributed by atoms with Crippen LogP contribution in [0, 0.1) is 6.92 Å². The highest BCUT2D eigenvalue weighted by molar-refractivity contribution is 6.63. The SMILES string of the molecule is CO/N=C\C(=N\Nc1ccc(C)cc1)C(=O)Nc1ccccc1. The van der Waals surface area contributed by atoms with Gasteiger partial charge < -0.3 is 10.2 Å². The summed E-state index contributed by atoms with van der Waals surface area (Å²) in [5.41, 5.74) is 5.51. The van der Waals surface area contributed by atoms with Crippen LogP contribution in [0.5, 0.6) is 0 Å². The lowest BCUT2D eigenvalue weighted by Crippen LogP contribution is -2.25. The number of carbonyl (C=O) groups excluding carboxylic acids is 1. The predicted molar refractivity (Wildman–Crippen MR) is 92.8 cm³/mol. The van der Waals surface area contributed by atoms with Crippen molar-refractivity contribution in [2.75, 3.05) is 17.9 Å². The van der Waals surface area contributed by atoms with E-state index in [1.54, 1.807) is 12.1 Å². The molecule has 0 aliphatic rings. The number of hydrazone groups is 1. The van der Waals surface area contributed by atoms with E-state index >= 15 is 0 Å². The van der Waals surface area contributed by atoms with Crippen LogP contribution in [0.15, 0.2) is 64.9 Å². The Kier molecular flexibility index (Phi) is 5.88. The van der Waals surface area contributed by atoms with Crippen molar-refractivity contribution in [1.29, 1.82) is 0 Å². The molecule has 0 saturated heterocycles. The van der Waals surface area contributed by atoms with Crippen LogP contribution in [0.4, 0.5) is 11.4 Å². The van der Waals surface area contributed by atoms with E-state index in [2.05, 4.69) is 25.8 Å². The zero-order valence-electron chi connectivity index (χ0n) is 13.0. The summed E-state index contributed by atoms with van der Waals surface area (Å²) in [6.45, 7) is 2.00. The van der Waals surface area contributed by atoms with E-state index in [9.17, 15) is 4.79 Å². The maximum absolute atomic E-state index is 12.3. The van der Waals surface area contributed by atoms with Crippen molar-refractivity contribution in [3.63, 3.8) is 0 Å². The summed E-state index contributed by atoms with van der Waals surface area (Å²) in [6.07, 6.45) is 1.25. The average molecular weight is 310 g/mol. The molecule has 0 spiro atoms. The molecule has 0 saturated carbocycles. The summed E-state index contributed by atoms with van der Waals surface area (Å²) in [5, 5.41) is 10.4. The van der Waals surface area contributed by atoms with Crippen molar-refractivity contribution in [1.82, 2.24) is 0 Å². The number of amides is 1. The Morgan fingerprint density at radius 1 is 1.04 bits per heavy atom. The van der Waals surface area contributed by atoms with Gasteiger partial charge in [0.15, 0.2) is 5.71 Å². The van der Waals surface area contributed by atoms with E-state index in [1.807, 2.05) is 49.4 Å². The molecule has 2 aromatic carbocycles. The molecule has 2 N–H and O–H groups in total. The summed E-state index contributed by atoms with van der Waals surface area (Å²) in [6, 6.07) is 16.8. The Bertz CT molecular complexity index is 694. The van der Waals surface area contributed by atoms with Gasteiger partial charge in [0.25, 0.3) is 5.91 Å². The van der Waals surface area contributed by atoms with Crippen LogP contribution in [0.2, 0.25) is 0 Å². The highest BCUT2D eigenvalue weighted by Crippen LogP contribution is 2.09. The van der Waals surface area contributed by atoms with Gasteiger partial charge in [-0.3, -0.25) is 10.2 Å². The normalized spacial score (nSPS) is 11.3. The van der Waals surface area contributed by atoms with Crippen LogP contribution in [0.25, 0.3) is 0 Å². The molecule has 6 nitrogen and oxygen atoms in total. The second kappa shape index (κ2) is 8.33. The minimum absolute atomic E-state index is 0.0938. The topological polar surface area (TPSA) is 75.1 Å². The Morgan fingerprint density at radius 2 is 1.74 bits per heavy atom. The Labute approximate surface area is 134 Å². The summed E-state index contributed by atoms with van der Waals surface area (Å²) in [4.78, 5) is 16.9. The van der Waals surface area contributed by atoms with Gasteiger partial charge in [0.2, 0.25) is 0 Å². The monoisotopic (exact) mass is 310 g/mol. The third kappa shape index (κ3) is 5.28. The lowest BCUT2D eigenvalue weighted by molar-refractivity contribution is -0.110. The Morgan fingerprint density at radius 3 is 2.39 bits per heavy atom. The minimum Gasteiger partial charge on any atom is -0.399 e. The van der Waals surface area contributed by atoms with Gasteiger partial charge in [-0.25, -0.2) is 0 Å². The van der Waals surface area contributed by atoms with Crippen molar-refractivity contribution in [3.05, 3.63) is 60.2 Å². The molecule has 2 rings (SSSR count). The van der Waals surface area contributed by atoms with Crippen LogP contribution in [-0.2, 0) is 9.63 Å². The summed E-state index contributed by atoms with van der Waals surface area (Å²) in [7, 11) is 1.40. The van der Waals surface area contributed by atoms with Crippen molar-refractivity contribution >= 4 is 29.2 Å². The molecule has 0 aromatic heterocycles. The number of hydrogen-bond donors (Lipinski definition) is 2. The van der Waals surface area contributed by atoms with Gasteiger partial charge in [0, 0.05) is 5.69 Å². The Balaban J connectivity index is 2.12. The smallest absolute Gasteiger partial charge is 0.277 e. The number of carbonyl (C=O) groups is 1. The fourth-order valence-electron chi connectivity index (χ4n) is 1.71. The number of nitrogens with zero attached hydrogens (tertiary/aromatic N) is 2. The second-order valence-electron chi connectivity index (χ2n) is 4.71. The standard InChI is InChI=1S/C17H18N4O2/c1-13-8-10-15(11-9-13)20-21-16(12-18-23-2)17(22)19-14-6-4-3-5-7-14/h3-12,20H,1-2H3,(H,19,22)/b18-12-,21-16-. The average Bonchev–Trinajstić information content (AvgIpc) is 2.57. The van der Waals surface area contributed by atoms with Crippen molar-refractivity contribution in [2.45, 2.75) is 6.92 Å². The van der Waals surface area contributed by atoms with E-state index in [1.165, 1.54) is 13.3 Å². The number of para-hydroxylation sites is 1.